The first-order chi connectivity index (χ1) is 17.1. The first kappa shape index (κ1) is 23.0. The largest absolute Gasteiger partial charge is 0.383 e. The smallest absolute Gasteiger partial charge is 0.253 e. The maximum absolute atomic E-state index is 13.0. The number of ether oxygens (including phenoxy) is 1. The highest BCUT2D eigenvalue weighted by atomic mass is 16.5. The molecule has 0 aliphatic carbocycles. The summed E-state index contributed by atoms with van der Waals surface area (Å²) in [7, 11) is 0. The fraction of sp³-hybridized carbons (Fsp3) is 0.385. The first-order valence-electron chi connectivity index (χ1n) is 12.3. The molecule has 0 saturated carbocycles. The van der Waals surface area contributed by atoms with Crippen LogP contribution in [0.1, 0.15) is 39.8 Å². The van der Waals surface area contributed by atoms with Crippen molar-refractivity contribution in [1.82, 2.24) is 19.5 Å². The predicted molar refractivity (Wildman–Crippen MR) is 138 cm³/mol. The van der Waals surface area contributed by atoms with E-state index >= 15 is 0 Å². The third-order valence-electron chi connectivity index (χ3n) is 6.61. The van der Waals surface area contributed by atoms with E-state index in [4.69, 9.17) is 15.5 Å². The minimum Gasteiger partial charge on any atom is -0.383 e. The Morgan fingerprint density at radius 1 is 1.14 bits per heavy atom. The molecule has 6 rings (SSSR count). The van der Waals surface area contributed by atoms with E-state index in [-0.39, 0.29) is 18.1 Å². The van der Waals surface area contributed by atoms with Crippen LogP contribution in [0.5, 0.6) is 0 Å². The second kappa shape index (κ2) is 9.50. The molecule has 35 heavy (non-hydrogen) atoms. The fourth-order valence-corrected chi connectivity index (χ4v) is 4.64. The summed E-state index contributed by atoms with van der Waals surface area (Å²) in [5.74, 6) is 1.38. The minimum absolute atomic E-state index is 0.130. The summed E-state index contributed by atoms with van der Waals surface area (Å²) in [6.07, 6.45) is 4.29. The molecule has 5 heterocycles. The maximum Gasteiger partial charge on any atom is 0.253 e. The molecule has 3 atom stereocenters. The number of anilines is 3. The molecule has 3 N–H and O–H groups in total. The third-order valence-corrected chi connectivity index (χ3v) is 6.61. The Morgan fingerprint density at radius 3 is 2.71 bits per heavy atom. The van der Waals surface area contributed by atoms with Gasteiger partial charge in [0.2, 0.25) is 0 Å². The molecule has 3 unspecified atom stereocenters. The Hall–Kier alpha value is -3.72. The molecule has 2 aliphatic rings. The van der Waals surface area contributed by atoms with Gasteiger partial charge in [0.05, 0.1) is 10.9 Å². The van der Waals surface area contributed by atoms with E-state index in [1.807, 2.05) is 48.9 Å². The van der Waals surface area contributed by atoms with Crippen molar-refractivity contribution in [3.63, 3.8) is 0 Å². The van der Waals surface area contributed by atoms with Crippen molar-refractivity contribution < 1.29 is 9.53 Å². The van der Waals surface area contributed by atoms with Crippen molar-refractivity contribution in [1.29, 1.82) is 0 Å². The van der Waals surface area contributed by atoms with Gasteiger partial charge in [-0.25, -0.2) is 15.0 Å². The first-order valence-corrected chi connectivity index (χ1v) is 12.3. The summed E-state index contributed by atoms with van der Waals surface area (Å²) in [4.78, 5) is 28.5. The second-order valence-corrected chi connectivity index (χ2v) is 8.85. The van der Waals surface area contributed by atoms with Crippen LogP contribution in [0.4, 0.5) is 17.3 Å². The molecule has 0 bridgehead atoms. The van der Waals surface area contributed by atoms with Gasteiger partial charge in [0.1, 0.15) is 35.9 Å². The van der Waals surface area contributed by atoms with Crippen molar-refractivity contribution in [3.05, 3.63) is 48.9 Å². The lowest BCUT2D eigenvalue weighted by Crippen LogP contribution is -2.37. The average Bonchev–Trinajstić information content (AvgIpc) is 3.43. The van der Waals surface area contributed by atoms with Crippen molar-refractivity contribution in [3.8, 4) is 0 Å². The number of benzene rings is 1. The number of carbonyl (C=O) groups excluding carboxylic acids is 1. The molecule has 2 saturated heterocycles. The van der Waals surface area contributed by atoms with Crippen molar-refractivity contribution in [2.24, 2.45) is 5.92 Å². The Morgan fingerprint density at radius 2 is 1.94 bits per heavy atom. The number of nitrogens with one attached hydrogen (secondary N) is 1. The molecule has 182 valence electrons. The summed E-state index contributed by atoms with van der Waals surface area (Å²) >= 11 is 0. The van der Waals surface area contributed by atoms with E-state index in [9.17, 15) is 4.79 Å². The molecule has 0 spiro atoms. The Balaban J connectivity index is 0.00000124. The van der Waals surface area contributed by atoms with Crippen LogP contribution in [0.2, 0.25) is 0 Å². The minimum atomic E-state index is -0.558. The number of nitrogens with zero attached hydrogens (tertiary/aromatic N) is 5. The zero-order valence-corrected chi connectivity index (χ0v) is 20.3. The lowest BCUT2D eigenvalue weighted by atomic mass is 10.1. The number of nitrogen functional groups attached to an aromatic ring is 1. The van der Waals surface area contributed by atoms with Gasteiger partial charge in [-0.1, -0.05) is 26.8 Å². The molecule has 2 aliphatic heterocycles. The quantitative estimate of drug-likeness (QED) is 0.453. The van der Waals surface area contributed by atoms with E-state index in [2.05, 4.69) is 39.2 Å². The molecule has 4 aromatic rings. The Bertz CT molecular complexity index is 1360. The zero-order chi connectivity index (χ0) is 24.5. The number of aromatic nitrogens is 4. The molecule has 3 aromatic heterocycles. The highest BCUT2D eigenvalue weighted by molar-refractivity contribution is 5.96. The lowest BCUT2D eigenvalue weighted by molar-refractivity contribution is -0.128. The highest BCUT2D eigenvalue weighted by Gasteiger charge is 2.38. The number of hydrogen-bond acceptors (Lipinski definition) is 7. The third kappa shape index (κ3) is 4.27. The number of carbonyl (C=O) groups is 1. The number of fused-ring (bicyclic) bond motifs is 2. The summed E-state index contributed by atoms with van der Waals surface area (Å²) in [6, 6.07) is 11.8. The van der Waals surface area contributed by atoms with Crippen LogP contribution in [-0.4, -0.2) is 44.6 Å². The van der Waals surface area contributed by atoms with Crippen molar-refractivity contribution >= 4 is 45.2 Å². The average molecular weight is 474 g/mol. The van der Waals surface area contributed by atoms with Crippen LogP contribution in [0.15, 0.2) is 48.9 Å². The van der Waals surface area contributed by atoms with Crippen LogP contribution in [0, 0.1) is 5.92 Å². The van der Waals surface area contributed by atoms with Gasteiger partial charge in [-0.2, -0.15) is 0 Å². The van der Waals surface area contributed by atoms with Gasteiger partial charge in [0.25, 0.3) is 5.91 Å². The zero-order valence-electron chi connectivity index (χ0n) is 20.3. The van der Waals surface area contributed by atoms with Gasteiger partial charge in [0.15, 0.2) is 0 Å². The van der Waals surface area contributed by atoms with Crippen molar-refractivity contribution in [2.45, 2.75) is 45.9 Å². The van der Waals surface area contributed by atoms with E-state index in [1.165, 1.54) is 12.7 Å². The van der Waals surface area contributed by atoms with Crippen LogP contribution in [-0.2, 0) is 9.53 Å². The number of hydrogen-bond donors (Lipinski definition) is 2. The summed E-state index contributed by atoms with van der Waals surface area (Å²) in [5, 5.41) is 4.84. The van der Waals surface area contributed by atoms with Crippen LogP contribution in [0.25, 0.3) is 21.9 Å². The normalized spacial score (nSPS) is 21.5. The molecular formula is C26H31N7O2. The van der Waals surface area contributed by atoms with E-state index in [0.717, 1.165) is 35.2 Å². The van der Waals surface area contributed by atoms with Gasteiger partial charge in [0, 0.05) is 36.3 Å². The van der Waals surface area contributed by atoms with Gasteiger partial charge in [-0.15, -0.1) is 0 Å². The second-order valence-electron chi connectivity index (χ2n) is 8.85. The lowest BCUT2D eigenvalue weighted by Gasteiger charge is -2.32. The van der Waals surface area contributed by atoms with Gasteiger partial charge in [-0.05, 0) is 43.2 Å². The van der Waals surface area contributed by atoms with E-state index < -0.39 is 6.10 Å². The number of nitrogens with two attached hydrogens (primary N) is 1. The highest BCUT2D eigenvalue weighted by Crippen LogP contribution is 2.37. The van der Waals surface area contributed by atoms with E-state index in [0.29, 0.717) is 23.6 Å². The summed E-state index contributed by atoms with van der Waals surface area (Å²) in [5.41, 5.74) is 8.25. The van der Waals surface area contributed by atoms with Crippen LogP contribution in [0.3, 0.4) is 0 Å². The molecular weight excluding hydrogens is 442 g/mol. The van der Waals surface area contributed by atoms with Gasteiger partial charge >= 0.3 is 0 Å². The van der Waals surface area contributed by atoms with E-state index in [1.54, 1.807) is 0 Å². The van der Waals surface area contributed by atoms with Crippen LogP contribution < -0.4 is 16.0 Å². The molecule has 0 radical (unpaired) electrons. The Labute approximate surface area is 204 Å². The van der Waals surface area contributed by atoms with Crippen LogP contribution >= 0.6 is 0 Å². The van der Waals surface area contributed by atoms with Gasteiger partial charge in [-0.3, -0.25) is 4.79 Å². The molecule has 1 amide bonds. The predicted octanol–water partition coefficient (Wildman–Crippen LogP) is 4.36. The molecule has 9 heteroatoms. The van der Waals surface area contributed by atoms with Gasteiger partial charge < -0.3 is 25.3 Å². The fourth-order valence-electron chi connectivity index (χ4n) is 4.64. The number of rotatable bonds is 4. The molecule has 2 fully saturated rings. The molecule has 9 nitrogen and oxygen atoms in total. The SMILES string of the molecule is CC.CC1CC(C(=O)Nc2ccc3ccc(N4CCC4)nc3c2)OC1n1ccc2c(N)ncnc21. The van der Waals surface area contributed by atoms with Crippen molar-refractivity contribution in [2.75, 3.05) is 29.0 Å². The summed E-state index contributed by atoms with van der Waals surface area (Å²) < 4.78 is 8.12. The number of pyridine rings is 1. The maximum atomic E-state index is 13.0. The number of amides is 1. The Kier molecular flexibility index (Phi) is 6.25. The standard InChI is InChI=1S/C24H25N7O2.C2H6/c1-14-11-19(33-24(14)31-10-7-17-21(25)26-13-27-22(17)31)23(32)28-16-5-3-15-4-6-20(29-18(15)12-16)30-8-2-9-30;1-2/h3-7,10,12-14,19,24H,2,8-9,11H2,1H3,(H,28,32)(H2,25,26,27);1-2H3. The summed E-state index contributed by atoms with van der Waals surface area (Å²) in [6.45, 7) is 8.16. The monoisotopic (exact) mass is 473 g/mol. The molecule has 1 aromatic carbocycles. The topological polar surface area (TPSA) is 111 Å².